The number of hydrogen-bond acceptors (Lipinski definition) is 4. The molecule has 0 radical (unpaired) electrons. The van der Waals surface area contributed by atoms with Gasteiger partial charge in [0, 0.05) is 12.8 Å². The normalized spacial score (nSPS) is 13.0. The van der Waals surface area contributed by atoms with Crippen LogP contribution in [0.25, 0.3) is 0 Å². The maximum absolute atomic E-state index is 12.7. The summed E-state index contributed by atoms with van der Waals surface area (Å²) in [7, 11) is 0. The van der Waals surface area contributed by atoms with Gasteiger partial charge in [0.05, 0.1) is 0 Å². The highest BCUT2D eigenvalue weighted by molar-refractivity contribution is 5.80. The molecule has 0 rings (SSSR count). The van der Waals surface area contributed by atoms with Crippen molar-refractivity contribution in [1.29, 1.82) is 0 Å². The van der Waals surface area contributed by atoms with Crippen molar-refractivity contribution in [2.75, 3.05) is 6.54 Å². The fourth-order valence-corrected chi connectivity index (χ4v) is 5.31. The lowest BCUT2D eigenvalue weighted by molar-refractivity contribution is -0.147. The zero-order valence-corrected chi connectivity index (χ0v) is 32.4. The van der Waals surface area contributed by atoms with Crippen molar-refractivity contribution in [3.05, 3.63) is 85.1 Å². The van der Waals surface area contributed by atoms with Gasteiger partial charge in [0.1, 0.15) is 12.6 Å². The number of amides is 1. The molecular weight excluding hydrogens is 634 g/mol. The fourth-order valence-electron chi connectivity index (χ4n) is 5.31. The Labute approximate surface area is 312 Å². The predicted molar refractivity (Wildman–Crippen MR) is 217 cm³/mol. The van der Waals surface area contributed by atoms with E-state index in [1.165, 1.54) is 44.9 Å². The average molecular weight is 708 g/mol. The molecule has 0 bridgehead atoms. The predicted octanol–water partition coefficient (Wildman–Crippen LogP) is 12.4. The summed E-state index contributed by atoms with van der Waals surface area (Å²) < 4.78 is 5.88. The van der Waals surface area contributed by atoms with Crippen LogP contribution in [0.5, 0.6) is 0 Å². The van der Waals surface area contributed by atoms with Crippen molar-refractivity contribution in [3.8, 4) is 0 Å². The van der Waals surface area contributed by atoms with Crippen LogP contribution in [0, 0.1) is 0 Å². The smallest absolute Gasteiger partial charge is 0.322 e. The Kier molecular flexibility index (Phi) is 36.7. The van der Waals surface area contributed by atoms with E-state index >= 15 is 0 Å². The molecule has 51 heavy (non-hydrogen) atoms. The Hall–Kier alpha value is -3.41. The molecular formula is C45H73NO5. The van der Waals surface area contributed by atoms with Crippen LogP contribution in [0.4, 0.5) is 0 Å². The van der Waals surface area contributed by atoms with Gasteiger partial charge in [0.2, 0.25) is 5.91 Å². The van der Waals surface area contributed by atoms with Gasteiger partial charge in [-0.25, -0.2) is 0 Å². The topological polar surface area (TPSA) is 92.7 Å². The Morgan fingerprint density at radius 3 is 1.61 bits per heavy atom. The van der Waals surface area contributed by atoms with Gasteiger partial charge in [0.25, 0.3) is 0 Å². The molecule has 0 aromatic rings. The third kappa shape index (κ3) is 39.2. The Bertz CT molecular complexity index is 1050. The van der Waals surface area contributed by atoms with Gasteiger partial charge < -0.3 is 15.2 Å². The monoisotopic (exact) mass is 708 g/mol. The Balaban J connectivity index is 4.24. The lowest BCUT2D eigenvalue weighted by Gasteiger charge is -2.15. The molecule has 1 unspecified atom stereocenters. The summed E-state index contributed by atoms with van der Waals surface area (Å²) in [4.78, 5) is 34.9. The van der Waals surface area contributed by atoms with Gasteiger partial charge in [-0.2, -0.15) is 0 Å². The molecule has 2 N–H and O–H groups in total. The van der Waals surface area contributed by atoms with Gasteiger partial charge in [-0.3, -0.25) is 14.4 Å². The number of carboxylic acid groups (broad SMARTS) is 1. The van der Waals surface area contributed by atoms with Gasteiger partial charge in [-0.05, 0) is 96.0 Å². The summed E-state index contributed by atoms with van der Waals surface area (Å²) in [5.74, 6) is -1.38. The largest absolute Gasteiger partial charge is 0.480 e. The minimum Gasteiger partial charge on any atom is -0.480 e. The summed E-state index contributed by atoms with van der Waals surface area (Å²) in [6.07, 6.45) is 54.3. The summed E-state index contributed by atoms with van der Waals surface area (Å²) in [6, 6.07) is 0. The number of aliphatic carboxylic acids is 1. The number of allylic oxidation sites excluding steroid dienone is 13. The number of carbonyl (C=O) groups excluding carboxylic acids is 2. The van der Waals surface area contributed by atoms with Gasteiger partial charge in [0.15, 0.2) is 0 Å². The first kappa shape index (κ1) is 47.6. The molecule has 0 fully saturated rings. The van der Waals surface area contributed by atoms with E-state index in [0.717, 1.165) is 96.3 Å². The number of nitrogens with one attached hydrogen (secondary N) is 1. The first-order valence-electron chi connectivity index (χ1n) is 20.2. The summed E-state index contributed by atoms with van der Waals surface area (Å²) in [6.45, 7) is 4.06. The molecule has 0 aliphatic rings. The molecule has 0 saturated heterocycles. The second kappa shape index (κ2) is 39.4. The highest BCUT2D eigenvalue weighted by Crippen LogP contribution is 2.15. The van der Waals surface area contributed by atoms with E-state index in [4.69, 9.17) is 9.84 Å². The lowest BCUT2D eigenvalue weighted by Crippen LogP contribution is -2.28. The van der Waals surface area contributed by atoms with Gasteiger partial charge in [-0.15, -0.1) is 0 Å². The number of unbranched alkanes of at least 4 members (excludes halogenated alkanes) is 12. The third-order valence-electron chi connectivity index (χ3n) is 8.29. The van der Waals surface area contributed by atoms with Crippen LogP contribution in [0.3, 0.4) is 0 Å². The molecule has 6 nitrogen and oxygen atoms in total. The molecule has 0 aromatic carbocycles. The van der Waals surface area contributed by atoms with E-state index in [-0.39, 0.29) is 24.5 Å². The minimum absolute atomic E-state index is 0.126. The number of carboxylic acids is 1. The van der Waals surface area contributed by atoms with Crippen LogP contribution < -0.4 is 5.32 Å². The molecule has 6 heteroatoms. The van der Waals surface area contributed by atoms with E-state index in [1.54, 1.807) is 0 Å². The van der Waals surface area contributed by atoms with E-state index in [9.17, 15) is 14.4 Å². The van der Waals surface area contributed by atoms with E-state index < -0.39 is 5.97 Å². The van der Waals surface area contributed by atoms with Crippen LogP contribution in [-0.4, -0.2) is 35.6 Å². The van der Waals surface area contributed by atoms with Crippen molar-refractivity contribution in [2.24, 2.45) is 0 Å². The molecule has 0 heterocycles. The maximum Gasteiger partial charge on any atom is 0.322 e. The number of ether oxygens (including phenoxy) is 1. The van der Waals surface area contributed by atoms with E-state index in [2.05, 4.69) is 104 Å². The van der Waals surface area contributed by atoms with Crippen molar-refractivity contribution >= 4 is 17.8 Å². The zero-order chi connectivity index (χ0) is 37.3. The molecule has 0 aliphatic carbocycles. The molecule has 1 amide bonds. The number of rotatable bonds is 35. The number of carbonyl (C=O) groups is 3. The number of hydrogen-bond donors (Lipinski definition) is 2. The van der Waals surface area contributed by atoms with E-state index in [1.807, 2.05) is 0 Å². The average Bonchev–Trinajstić information content (AvgIpc) is 3.11. The molecule has 288 valence electrons. The van der Waals surface area contributed by atoms with Crippen LogP contribution >= 0.6 is 0 Å². The summed E-state index contributed by atoms with van der Waals surface area (Å²) in [5.41, 5.74) is 0. The first-order chi connectivity index (χ1) is 25.0. The standard InChI is InChI=1S/C45H73NO5/c1-3-5-7-9-11-13-14-15-16-17-18-19-20-21-22-23-24-26-28-30-36-40-45(50)51-42(37-33-29-27-25-12-10-8-6-4-2)38-34-31-32-35-39-43(47)46-41-44(48)49/h5,7,11,13,15-16,18-19,21-22,24,26,33,37,42H,3-4,6,8-10,12,14,17,20,23,25,27-32,34-36,38-41H2,1-2H3,(H,46,47)(H,48,49)/b7-5-,13-11-,16-15-,19-18-,22-21-,26-24-,37-33-. The minimum atomic E-state index is -1.03. The molecule has 0 aliphatic heterocycles. The van der Waals surface area contributed by atoms with Crippen molar-refractivity contribution in [2.45, 2.75) is 174 Å². The second-order valence-corrected chi connectivity index (χ2v) is 13.2. The second-order valence-electron chi connectivity index (χ2n) is 13.2. The third-order valence-corrected chi connectivity index (χ3v) is 8.29. The quantitative estimate of drug-likeness (QED) is 0.0388. The van der Waals surface area contributed by atoms with Crippen LogP contribution in [0.2, 0.25) is 0 Å². The van der Waals surface area contributed by atoms with Crippen molar-refractivity contribution < 1.29 is 24.2 Å². The van der Waals surface area contributed by atoms with Crippen LogP contribution in [-0.2, 0) is 19.1 Å². The van der Waals surface area contributed by atoms with E-state index in [0.29, 0.717) is 12.8 Å². The molecule has 0 saturated carbocycles. The first-order valence-corrected chi connectivity index (χ1v) is 20.2. The highest BCUT2D eigenvalue weighted by Gasteiger charge is 2.11. The number of esters is 1. The SMILES string of the molecule is CC/C=C\C/C=C\C/C=C\C/C=C\C/C=C\C/C=C\CCCCC(=O)OC(/C=C\CCCCCCCCC)CCCCCCC(=O)NCC(=O)O. The summed E-state index contributed by atoms with van der Waals surface area (Å²) in [5, 5.41) is 11.1. The lowest BCUT2D eigenvalue weighted by atomic mass is 10.1. The molecule has 0 aromatic heterocycles. The van der Waals surface area contributed by atoms with Crippen molar-refractivity contribution in [1.82, 2.24) is 5.32 Å². The van der Waals surface area contributed by atoms with Crippen molar-refractivity contribution in [3.63, 3.8) is 0 Å². The van der Waals surface area contributed by atoms with Crippen LogP contribution in [0.1, 0.15) is 168 Å². The van der Waals surface area contributed by atoms with Gasteiger partial charge >= 0.3 is 11.9 Å². The molecule has 0 spiro atoms. The Morgan fingerprint density at radius 1 is 0.549 bits per heavy atom. The molecule has 1 atom stereocenters. The van der Waals surface area contributed by atoms with Crippen LogP contribution in [0.15, 0.2) is 85.1 Å². The Morgan fingerprint density at radius 2 is 1.02 bits per heavy atom. The van der Waals surface area contributed by atoms with Gasteiger partial charge in [-0.1, -0.05) is 144 Å². The zero-order valence-electron chi connectivity index (χ0n) is 32.4. The summed E-state index contributed by atoms with van der Waals surface area (Å²) >= 11 is 0. The highest BCUT2D eigenvalue weighted by atomic mass is 16.5. The fraction of sp³-hybridized carbons (Fsp3) is 0.622. The maximum atomic E-state index is 12.7.